The van der Waals surface area contributed by atoms with Gasteiger partial charge in [0.15, 0.2) is 0 Å². The number of nitro groups is 1. The van der Waals surface area contributed by atoms with Crippen molar-refractivity contribution in [1.82, 2.24) is 10.3 Å². The molecule has 1 aromatic carbocycles. The zero-order valence-electron chi connectivity index (χ0n) is 14.1. The highest BCUT2D eigenvalue weighted by Gasteiger charge is 2.16. The van der Waals surface area contributed by atoms with E-state index in [0.29, 0.717) is 11.4 Å². The molecule has 0 spiro atoms. The van der Waals surface area contributed by atoms with Gasteiger partial charge < -0.3 is 15.5 Å². The molecule has 0 aliphatic carbocycles. The average molecular weight is 378 g/mol. The van der Waals surface area contributed by atoms with Crippen molar-refractivity contribution in [1.29, 1.82) is 0 Å². The maximum absolute atomic E-state index is 12.2. The molecule has 3 rings (SSSR count). The number of nitro benzene ring substituents is 1. The molecule has 0 atom stereocenters. The number of pyridine rings is 1. The minimum absolute atomic E-state index is 0. The number of para-hydroxylation sites is 1. The minimum atomic E-state index is -0.483. The van der Waals surface area contributed by atoms with Crippen LogP contribution in [0.2, 0.25) is 0 Å². The summed E-state index contributed by atoms with van der Waals surface area (Å²) in [5, 5.41) is 17.0. The molecule has 8 nitrogen and oxygen atoms in total. The third-order valence-corrected chi connectivity index (χ3v) is 4.04. The highest BCUT2D eigenvalue weighted by atomic mass is 35.5. The normalized spacial score (nSPS) is 13.6. The maximum atomic E-state index is 12.2. The fourth-order valence-electron chi connectivity index (χ4n) is 2.77. The molecule has 1 amide bonds. The van der Waals surface area contributed by atoms with Crippen molar-refractivity contribution in [3.05, 3.63) is 58.3 Å². The number of aromatic nitrogens is 1. The summed E-state index contributed by atoms with van der Waals surface area (Å²) in [6.07, 6.45) is 1.66. The highest BCUT2D eigenvalue weighted by Crippen LogP contribution is 2.19. The minimum Gasteiger partial charge on any atom is -0.368 e. The molecule has 1 aliphatic heterocycles. The van der Waals surface area contributed by atoms with Crippen molar-refractivity contribution < 1.29 is 9.72 Å². The van der Waals surface area contributed by atoms with Gasteiger partial charge in [0.2, 0.25) is 5.91 Å². The van der Waals surface area contributed by atoms with Crippen LogP contribution in [-0.4, -0.2) is 42.0 Å². The van der Waals surface area contributed by atoms with Crippen LogP contribution in [0, 0.1) is 10.1 Å². The Morgan fingerprint density at radius 1 is 1.23 bits per heavy atom. The Bertz CT molecular complexity index is 763. The molecular weight excluding hydrogens is 358 g/mol. The molecule has 9 heteroatoms. The first-order valence-corrected chi connectivity index (χ1v) is 8.07. The molecule has 1 aromatic heterocycles. The van der Waals surface area contributed by atoms with Crippen LogP contribution in [0.4, 0.5) is 17.2 Å². The summed E-state index contributed by atoms with van der Waals surface area (Å²) in [5.74, 6) is 0.0965. The lowest BCUT2D eigenvalue weighted by Crippen LogP contribution is -2.43. The molecule has 2 N–H and O–H groups in total. The topological polar surface area (TPSA) is 100 Å². The Morgan fingerprint density at radius 2 is 1.96 bits per heavy atom. The van der Waals surface area contributed by atoms with Gasteiger partial charge in [0.25, 0.3) is 5.69 Å². The van der Waals surface area contributed by atoms with E-state index in [1.165, 1.54) is 6.07 Å². The lowest BCUT2D eigenvalue weighted by molar-refractivity contribution is -0.385. The fourth-order valence-corrected chi connectivity index (χ4v) is 2.77. The van der Waals surface area contributed by atoms with Gasteiger partial charge in [-0.25, -0.2) is 4.98 Å². The number of carbonyl (C=O) groups is 1. The van der Waals surface area contributed by atoms with Crippen LogP contribution in [0.25, 0.3) is 0 Å². The number of nitrogens with zero attached hydrogens (tertiary/aromatic N) is 3. The summed E-state index contributed by atoms with van der Waals surface area (Å²) >= 11 is 0. The molecule has 1 aliphatic rings. The molecule has 1 fully saturated rings. The first kappa shape index (κ1) is 19.6. The molecule has 2 aromatic rings. The number of piperazine rings is 1. The first-order valence-electron chi connectivity index (χ1n) is 8.07. The van der Waals surface area contributed by atoms with E-state index in [-0.39, 0.29) is 30.4 Å². The molecular formula is C17H20ClN5O3. The average Bonchev–Trinajstić information content (AvgIpc) is 2.63. The van der Waals surface area contributed by atoms with E-state index in [1.807, 2.05) is 6.07 Å². The Morgan fingerprint density at radius 3 is 2.62 bits per heavy atom. The van der Waals surface area contributed by atoms with Crippen LogP contribution < -0.4 is 15.5 Å². The van der Waals surface area contributed by atoms with E-state index in [1.54, 1.807) is 30.5 Å². The van der Waals surface area contributed by atoms with E-state index in [4.69, 9.17) is 0 Å². The van der Waals surface area contributed by atoms with Gasteiger partial charge >= 0.3 is 0 Å². The number of hydrogen-bond acceptors (Lipinski definition) is 6. The SMILES string of the molecule is Cl.O=C(Cc1ccccc1[N+](=O)[O-])Nc1ccc(N2CCNCC2)cn1. The highest BCUT2D eigenvalue weighted by molar-refractivity contribution is 5.92. The smallest absolute Gasteiger partial charge is 0.273 e. The molecule has 2 heterocycles. The largest absolute Gasteiger partial charge is 0.368 e. The third-order valence-electron chi connectivity index (χ3n) is 4.04. The van der Waals surface area contributed by atoms with Crippen LogP contribution in [0.1, 0.15) is 5.56 Å². The molecule has 0 unspecified atom stereocenters. The van der Waals surface area contributed by atoms with E-state index < -0.39 is 4.92 Å². The molecule has 0 radical (unpaired) electrons. The Hall–Kier alpha value is -2.71. The number of anilines is 2. The predicted molar refractivity (Wildman–Crippen MR) is 102 cm³/mol. The molecule has 26 heavy (non-hydrogen) atoms. The van der Waals surface area contributed by atoms with Crippen molar-refractivity contribution in [2.75, 3.05) is 36.4 Å². The van der Waals surface area contributed by atoms with Crippen LogP contribution in [0.15, 0.2) is 42.6 Å². The summed E-state index contributed by atoms with van der Waals surface area (Å²) in [6, 6.07) is 9.89. The lowest BCUT2D eigenvalue weighted by atomic mass is 10.1. The van der Waals surface area contributed by atoms with Gasteiger partial charge in [-0.1, -0.05) is 18.2 Å². The van der Waals surface area contributed by atoms with Crippen LogP contribution in [0.5, 0.6) is 0 Å². The number of benzene rings is 1. The Balaban J connectivity index is 0.00000243. The molecule has 138 valence electrons. The van der Waals surface area contributed by atoms with Crippen molar-refractivity contribution in [2.24, 2.45) is 0 Å². The van der Waals surface area contributed by atoms with E-state index in [9.17, 15) is 14.9 Å². The van der Waals surface area contributed by atoms with Gasteiger partial charge in [0.05, 0.1) is 23.2 Å². The second-order valence-electron chi connectivity index (χ2n) is 5.75. The number of hydrogen-bond donors (Lipinski definition) is 2. The number of amides is 1. The van der Waals surface area contributed by atoms with Gasteiger partial charge in [0, 0.05) is 37.8 Å². The van der Waals surface area contributed by atoms with Crippen LogP contribution in [0.3, 0.4) is 0 Å². The van der Waals surface area contributed by atoms with Gasteiger partial charge in [-0.2, -0.15) is 0 Å². The number of carbonyl (C=O) groups excluding carboxylic acids is 1. The van der Waals surface area contributed by atoms with Crippen LogP contribution in [-0.2, 0) is 11.2 Å². The molecule has 1 saturated heterocycles. The second kappa shape index (κ2) is 9.12. The summed E-state index contributed by atoms with van der Waals surface area (Å²) in [4.78, 5) is 29.2. The standard InChI is InChI=1S/C17H19N5O3.ClH/c23-17(11-13-3-1-2-4-15(13)22(24)25)20-16-6-5-14(12-19-16)21-9-7-18-8-10-21;/h1-6,12,18H,7-11H2,(H,19,20,23);1H. The number of nitrogens with one attached hydrogen (secondary N) is 2. The lowest BCUT2D eigenvalue weighted by Gasteiger charge is -2.29. The zero-order valence-corrected chi connectivity index (χ0v) is 14.9. The zero-order chi connectivity index (χ0) is 17.6. The summed E-state index contributed by atoms with van der Waals surface area (Å²) in [6.45, 7) is 3.72. The van der Waals surface area contributed by atoms with Gasteiger partial charge in [0.1, 0.15) is 5.82 Å². The number of rotatable bonds is 5. The monoisotopic (exact) mass is 377 g/mol. The molecule has 0 saturated carbocycles. The summed E-state index contributed by atoms with van der Waals surface area (Å²) < 4.78 is 0. The van der Waals surface area contributed by atoms with Crippen molar-refractivity contribution in [3.8, 4) is 0 Å². The van der Waals surface area contributed by atoms with Crippen molar-refractivity contribution >= 4 is 35.5 Å². The summed E-state index contributed by atoms with van der Waals surface area (Å²) in [5.41, 5.74) is 1.33. The maximum Gasteiger partial charge on any atom is 0.273 e. The second-order valence-corrected chi connectivity index (χ2v) is 5.75. The Labute approximate surface area is 157 Å². The summed E-state index contributed by atoms with van der Waals surface area (Å²) in [7, 11) is 0. The van der Waals surface area contributed by atoms with E-state index in [2.05, 4.69) is 20.5 Å². The Kier molecular flexibility index (Phi) is 6.88. The fraction of sp³-hybridized carbons (Fsp3) is 0.294. The van der Waals surface area contributed by atoms with Crippen molar-refractivity contribution in [2.45, 2.75) is 6.42 Å². The van der Waals surface area contributed by atoms with E-state index >= 15 is 0 Å². The quantitative estimate of drug-likeness (QED) is 0.610. The van der Waals surface area contributed by atoms with Crippen LogP contribution >= 0.6 is 12.4 Å². The van der Waals surface area contributed by atoms with E-state index in [0.717, 1.165) is 31.9 Å². The number of halogens is 1. The van der Waals surface area contributed by atoms with Gasteiger partial charge in [-0.3, -0.25) is 14.9 Å². The molecule has 0 bridgehead atoms. The van der Waals surface area contributed by atoms with Gasteiger partial charge in [-0.05, 0) is 12.1 Å². The van der Waals surface area contributed by atoms with Crippen molar-refractivity contribution in [3.63, 3.8) is 0 Å². The van der Waals surface area contributed by atoms with Gasteiger partial charge in [-0.15, -0.1) is 12.4 Å². The third kappa shape index (κ3) is 4.90. The predicted octanol–water partition coefficient (Wildman–Crippen LogP) is 2.00. The first-order chi connectivity index (χ1) is 12.1.